The van der Waals surface area contributed by atoms with E-state index >= 15 is 0 Å². The first-order chi connectivity index (χ1) is 13.5. The Kier molecular flexibility index (Phi) is 5.69. The lowest BCUT2D eigenvalue weighted by Gasteiger charge is -2.10. The van der Waals surface area contributed by atoms with Gasteiger partial charge >= 0.3 is 5.97 Å². The molecule has 0 unspecified atom stereocenters. The van der Waals surface area contributed by atoms with Crippen LogP contribution in [0, 0.1) is 0 Å². The lowest BCUT2D eigenvalue weighted by atomic mass is 10.2. The summed E-state index contributed by atoms with van der Waals surface area (Å²) in [4.78, 5) is 40.5. The molecule has 2 N–H and O–H groups in total. The molecule has 3 aromatic rings. The number of imidazole rings is 1. The molecule has 0 saturated heterocycles. The quantitative estimate of drug-likeness (QED) is 0.635. The number of hydrogen-bond acceptors (Lipinski definition) is 5. The SMILES string of the molecule is CNC(=O)Cc1nc2ccccc2n1CC(=O)Nc1cccc(C(=O)OC)c1. The summed E-state index contributed by atoms with van der Waals surface area (Å²) in [5, 5.41) is 5.33. The van der Waals surface area contributed by atoms with E-state index in [0.29, 0.717) is 22.6 Å². The van der Waals surface area contributed by atoms with Crippen molar-refractivity contribution in [2.24, 2.45) is 0 Å². The Balaban J connectivity index is 1.84. The standard InChI is InChI=1S/C20H20N4O4/c1-21-18(25)11-17-23-15-8-3-4-9-16(15)24(17)12-19(26)22-14-7-5-6-13(10-14)20(27)28-2/h3-10H,11-12H2,1-2H3,(H,21,25)(H,22,26). The van der Waals surface area contributed by atoms with Gasteiger partial charge in [-0.25, -0.2) is 9.78 Å². The van der Waals surface area contributed by atoms with Gasteiger partial charge in [0.15, 0.2) is 0 Å². The maximum absolute atomic E-state index is 12.6. The van der Waals surface area contributed by atoms with Crippen molar-refractivity contribution in [1.82, 2.24) is 14.9 Å². The van der Waals surface area contributed by atoms with Gasteiger partial charge in [-0.2, -0.15) is 0 Å². The van der Waals surface area contributed by atoms with Crippen molar-refractivity contribution in [3.8, 4) is 0 Å². The molecule has 0 atom stereocenters. The second-order valence-corrected chi connectivity index (χ2v) is 6.07. The van der Waals surface area contributed by atoms with Gasteiger partial charge < -0.3 is 19.9 Å². The van der Waals surface area contributed by atoms with Gasteiger partial charge in [-0.05, 0) is 30.3 Å². The minimum absolute atomic E-state index is 0.0186. The number of aromatic nitrogens is 2. The first kappa shape index (κ1) is 19.1. The summed E-state index contributed by atoms with van der Waals surface area (Å²) in [7, 11) is 2.85. The molecule has 0 saturated carbocycles. The molecule has 2 amide bonds. The highest BCUT2D eigenvalue weighted by atomic mass is 16.5. The Morgan fingerprint density at radius 3 is 2.61 bits per heavy atom. The van der Waals surface area contributed by atoms with Crippen LogP contribution < -0.4 is 10.6 Å². The summed E-state index contributed by atoms with van der Waals surface area (Å²) < 4.78 is 6.40. The van der Waals surface area contributed by atoms with Crippen LogP contribution in [0.1, 0.15) is 16.2 Å². The summed E-state index contributed by atoms with van der Waals surface area (Å²) in [5.74, 6) is -0.477. The van der Waals surface area contributed by atoms with Crippen molar-refractivity contribution in [3.05, 3.63) is 59.9 Å². The first-order valence-corrected chi connectivity index (χ1v) is 8.64. The zero-order valence-corrected chi connectivity index (χ0v) is 15.6. The van der Waals surface area contributed by atoms with Crippen molar-refractivity contribution in [1.29, 1.82) is 0 Å². The lowest BCUT2D eigenvalue weighted by Crippen LogP contribution is -2.25. The molecule has 1 aromatic heterocycles. The van der Waals surface area contributed by atoms with Crippen LogP contribution in [0.4, 0.5) is 5.69 Å². The molecular weight excluding hydrogens is 360 g/mol. The maximum atomic E-state index is 12.6. The Labute approximate surface area is 161 Å². The average Bonchev–Trinajstić information content (AvgIpc) is 3.04. The number of carbonyl (C=O) groups excluding carboxylic acids is 3. The molecule has 28 heavy (non-hydrogen) atoms. The van der Waals surface area contributed by atoms with Gasteiger partial charge in [0, 0.05) is 12.7 Å². The van der Waals surface area contributed by atoms with Crippen LogP contribution >= 0.6 is 0 Å². The molecule has 2 aromatic carbocycles. The number of carbonyl (C=O) groups is 3. The summed E-state index contributed by atoms with van der Waals surface area (Å²) in [6.07, 6.45) is 0.0658. The fraction of sp³-hybridized carbons (Fsp3) is 0.200. The van der Waals surface area contributed by atoms with E-state index in [2.05, 4.69) is 15.6 Å². The largest absolute Gasteiger partial charge is 0.465 e. The molecule has 0 aliphatic heterocycles. The number of methoxy groups -OCH3 is 1. The van der Waals surface area contributed by atoms with Gasteiger partial charge in [-0.3, -0.25) is 9.59 Å². The van der Waals surface area contributed by atoms with E-state index in [-0.39, 0.29) is 24.8 Å². The number of nitrogens with one attached hydrogen (secondary N) is 2. The van der Waals surface area contributed by atoms with E-state index in [4.69, 9.17) is 4.74 Å². The molecule has 144 valence electrons. The summed E-state index contributed by atoms with van der Waals surface area (Å²) >= 11 is 0. The molecule has 0 bridgehead atoms. The van der Waals surface area contributed by atoms with Crippen LogP contribution in [0.15, 0.2) is 48.5 Å². The monoisotopic (exact) mass is 380 g/mol. The molecular formula is C20H20N4O4. The van der Waals surface area contributed by atoms with E-state index in [0.717, 1.165) is 5.52 Å². The molecule has 3 rings (SSSR count). The van der Waals surface area contributed by atoms with Gasteiger partial charge in [0.1, 0.15) is 12.4 Å². The predicted molar refractivity (Wildman–Crippen MR) is 104 cm³/mol. The van der Waals surface area contributed by atoms with Crippen LogP contribution in [0.5, 0.6) is 0 Å². The van der Waals surface area contributed by atoms with Crippen LogP contribution in [0.3, 0.4) is 0 Å². The fourth-order valence-electron chi connectivity index (χ4n) is 2.85. The second kappa shape index (κ2) is 8.34. The Morgan fingerprint density at radius 1 is 1.07 bits per heavy atom. The van der Waals surface area contributed by atoms with E-state index in [1.807, 2.05) is 24.3 Å². The number of hydrogen-bond donors (Lipinski definition) is 2. The zero-order valence-electron chi connectivity index (χ0n) is 15.6. The number of nitrogens with zero attached hydrogens (tertiary/aromatic N) is 2. The smallest absolute Gasteiger partial charge is 0.337 e. The normalized spacial score (nSPS) is 10.5. The predicted octanol–water partition coefficient (Wildman–Crippen LogP) is 1.75. The Bertz CT molecular complexity index is 1040. The molecule has 8 nitrogen and oxygen atoms in total. The van der Waals surface area contributed by atoms with Crippen LogP contribution in [0.25, 0.3) is 11.0 Å². The first-order valence-electron chi connectivity index (χ1n) is 8.64. The number of benzene rings is 2. The van der Waals surface area contributed by atoms with Crippen molar-refractivity contribution in [3.63, 3.8) is 0 Å². The van der Waals surface area contributed by atoms with Crippen LogP contribution in [-0.2, 0) is 27.3 Å². The van der Waals surface area contributed by atoms with Crippen molar-refractivity contribution < 1.29 is 19.1 Å². The molecule has 0 aliphatic carbocycles. The van der Waals surface area contributed by atoms with E-state index in [1.165, 1.54) is 7.11 Å². The van der Waals surface area contributed by atoms with Gasteiger partial charge in [-0.15, -0.1) is 0 Å². The highest BCUT2D eigenvalue weighted by molar-refractivity contribution is 5.95. The number of rotatable bonds is 6. The van der Waals surface area contributed by atoms with Gasteiger partial charge in [0.2, 0.25) is 11.8 Å². The third kappa shape index (κ3) is 4.17. The average molecular weight is 380 g/mol. The number of ether oxygens (including phenoxy) is 1. The highest BCUT2D eigenvalue weighted by Gasteiger charge is 2.16. The van der Waals surface area contributed by atoms with Crippen LogP contribution in [-0.4, -0.2) is 41.5 Å². The number of amides is 2. The Hall–Kier alpha value is -3.68. The van der Waals surface area contributed by atoms with E-state index < -0.39 is 5.97 Å². The topological polar surface area (TPSA) is 102 Å². The molecule has 1 heterocycles. The summed E-state index contributed by atoms with van der Waals surface area (Å²) in [5.41, 5.74) is 2.29. The molecule has 8 heteroatoms. The third-order valence-electron chi connectivity index (χ3n) is 4.20. The second-order valence-electron chi connectivity index (χ2n) is 6.07. The number of likely N-dealkylation sites (N-methyl/N-ethyl adjacent to an activating group) is 1. The lowest BCUT2D eigenvalue weighted by molar-refractivity contribution is -0.120. The number of fused-ring (bicyclic) bond motifs is 1. The number of esters is 1. The molecule has 0 fully saturated rings. The summed E-state index contributed by atoms with van der Waals surface area (Å²) in [6, 6.07) is 13.9. The summed E-state index contributed by atoms with van der Waals surface area (Å²) in [6.45, 7) is -0.0186. The molecule has 0 spiro atoms. The maximum Gasteiger partial charge on any atom is 0.337 e. The highest BCUT2D eigenvalue weighted by Crippen LogP contribution is 2.17. The Morgan fingerprint density at radius 2 is 1.86 bits per heavy atom. The van der Waals surface area contributed by atoms with Gasteiger partial charge in [-0.1, -0.05) is 18.2 Å². The molecule has 0 radical (unpaired) electrons. The van der Waals surface area contributed by atoms with E-state index in [9.17, 15) is 14.4 Å². The van der Waals surface area contributed by atoms with Crippen molar-refractivity contribution in [2.75, 3.05) is 19.5 Å². The van der Waals surface area contributed by atoms with Gasteiger partial charge in [0.25, 0.3) is 0 Å². The number of anilines is 1. The van der Waals surface area contributed by atoms with Crippen molar-refractivity contribution in [2.45, 2.75) is 13.0 Å². The van der Waals surface area contributed by atoms with E-state index in [1.54, 1.807) is 35.9 Å². The third-order valence-corrected chi connectivity index (χ3v) is 4.20. The van der Waals surface area contributed by atoms with Gasteiger partial charge in [0.05, 0.1) is 30.1 Å². The fourth-order valence-corrected chi connectivity index (χ4v) is 2.85. The van der Waals surface area contributed by atoms with Crippen LogP contribution in [0.2, 0.25) is 0 Å². The molecule has 0 aliphatic rings. The van der Waals surface area contributed by atoms with Crippen molar-refractivity contribution >= 4 is 34.5 Å². The number of para-hydroxylation sites is 2. The zero-order chi connectivity index (χ0) is 20.1. The minimum atomic E-state index is -0.482. The minimum Gasteiger partial charge on any atom is -0.465 e.